The predicted molar refractivity (Wildman–Crippen MR) is 71.8 cm³/mol. The van der Waals surface area contributed by atoms with Crippen molar-refractivity contribution in [1.29, 1.82) is 0 Å². The monoisotopic (exact) mass is 248 g/mol. The summed E-state index contributed by atoms with van der Waals surface area (Å²) in [4.78, 5) is 13.4. The lowest BCUT2D eigenvalue weighted by atomic mass is 10.1. The maximum atomic E-state index is 11.2. The first-order valence-corrected chi connectivity index (χ1v) is 6.40. The van der Waals surface area contributed by atoms with Crippen molar-refractivity contribution in [3.63, 3.8) is 0 Å². The lowest BCUT2D eigenvalue weighted by Crippen LogP contribution is -2.24. The van der Waals surface area contributed by atoms with Gasteiger partial charge in [-0.3, -0.25) is 4.79 Å². The topological polar surface area (TPSA) is 41.6 Å². The Hall–Kier alpha value is -1.55. The first-order valence-electron chi connectivity index (χ1n) is 6.40. The molecule has 0 unspecified atom stereocenters. The van der Waals surface area contributed by atoms with Crippen LogP contribution in [0.3, 0.4) is 0 Å². The van der Waals surface area contributed by atoms with Crippen LogP contribution in [0.1, 0.15) is 18.1 Å². The maximum Gasteiger partial charge on any atom is 0.319 e. The molecule has 1 N–H and O–H groups in total. The van der Waals surface area contributed by atoms with Crippen molar-refractivity contribution in [1.82, 2.24) is 5.32 Å². The molecule has 0 saturated heterocycles. The molecule has 1 aliphatic rings. The van der Waals surface area contributed by atoms with Crippen LogP contribution < -0.4 is 10.2 Å². The van der Waals surface area contributed by atoms with Gasteiger partial charge in [-0.25, -0.2) is 0 Å². The summed E-state index contributed by atoms with van der Waals surface area (Å²) in [6, 6.07) is 6.49. The Kier molecular flexibility index (Phi) is 4.20. The zero-order valence-corrected chi connectivity index (χ0v) is 11.0. The van der Waals surface area contributed by atoms with Crippen molar-refractivity contribution in [3.05, 3.63) is 29.3 Å². The van der Waals surface area contributed by atoms with Crippen molar-refractivity contribution in [2.24, 2.45) is 0 Å². The van der Waals surface area contributed by atoms with Crippen molar-refractivity contribution in [2.45, 2.75) is 19.9 Å². The summed E-state index contributed by atoms with van der Waals surface area (Å²) in [7, 11) is 2.12. The van der Waals surface area contributed by atoms with Gasteiger partial charge in [-0.15, -0.1) is 0 Å². The molecule has 1 aromatic carbocycles. The number of fused-ring (bicyclic) bond motifs is 1. The molecular formula is C14H20N2O2. The molecule has 0 aromatic heterocycles. The van der Waals surface area contributed by atoms with E-state index in [0.717, 1.165) is 13.0 Å². The van der Waals surface area contributed by atoms with Crippen LogP contribution in [-0.2, 0) is 22.5 Å². The van der Waals surface area contributed by atoms with Gasteiger partial charge in [0, 0.05) is 25.8 Å². The highest BCUT2D eigenvalue weighted by atomic mass is 16.5. The van der Waals surface area contributed by atoms with E-state index < -0.39 is 0 Å². The van der Waals surface area contributed by atoms with E-state index in [1.807, 2.05) is 6.92 Å². The summed E-state index contributed by atoms with van der Waals surface area (Å²) in [5, 5.41) is 3.10. The number of nitrogens with zero attached hydrogens (tertiary/aromatic N) is 1. The molecule has 0 amide bonds. The lowest BCUT2D eigenvalue weighted by molar-refractivity contribution is -0.142. The molecule has 0 saturated carbocycles. The van der Waals surface area contributed by atoms with E-state index in [1.165, 1.54) is 16.8 Å². The van der Waals surface area contributed by atoms with Crippen LogP contribution in [0, 0.1) is 0 Å². The number of rotatable bonds is 5. The fourth-order valence-electron chi connectivity index (χ4n) is 2.25. The second kappa shape index (κ2) is 5.87. The molecule has 1 heterocycles. The second-order valence-electron chi connectivity index (χ2n) is 4.54. The largest absolute Gasteiger partial charge is 0.465 e. The molecule has 18 heavy (non-hydrogen) atoms. The van der Waals surface area contributed by atoms with E-state index in [1.54, 1.807) is 0 Å². The molecule has 98 valence electrons. The fourth-order valence-corrected chi connectivity index (χ4v) is 2.25. The lowest BCUT2D eigenvalue weighted by Gasteiger charge is -2.12. The average Bonchev–Trinajstić information content (AvgIpc) is 2.71. The van der Waals surface area contributed by atoms with E-state index >= 15 is 0 Å². The third-order valence-electron chi connectivity index (χ3n) is 3.18. The van der Waals surface area contributed by atoms with E-state index in [4.69, 9.17) is 4.74 Å². The minimum absolute atomic E-state index is 0.196. The van der Waals surface area contributed by atoms with Gasteiger partial charge < -0.3 is 15.0 Å². The van der Waals surface area contributed by atoms with Crippen LogP contribution in [0.4, 0.5) is 5.69 Å². The molecule has 1 aromatic rings. The Morgan fingerprint density at radius 3 is 3.11 bits per heavy atom. The summed E-state index contributed by atoms with van der Waals surface area (Å²) < 4.78 is 4.86. The number of likely N-dealkylation sites (N-methyl/N-ethyl adjacent to an activating group) is 1. The predicted octanol–water partition coefficient (Wildman–Crippen LogP) is 1.33. The molecule has 0 spiro atoms. The van der Waals surface area contributed by atoms with E-state index in [9.17, 15) is 4.79 Å². The van der Waals surface area contributed by atoms with Gasteiger partial charge >= 0.3 is 5.97 Å². The van der Waals surface area contributed by atoms with Crippen molar-refractivity contribution < 1.29 is 9.53 Å². The van der Waals surface area contributed by atoms with Crippen molar-refractivity contribution >= 4 is 11.7 Å². The Balaban J connectivity index is 1.86. The molecule has 1 aliphatic heterocycles. The number of carbonyl (C=O) groups excluding carboxylic acids is 1. The number of nitrogens with one attached hydrogen (secondary N) is 1. The van der Waals surface area contributed by atoms with Gasteiger partial charge in [0.1, 0.15) is 0 Å². The Morgan fingerprint density at radius 2 is 2.33 bits per heavy atom. The number of anilines is 1. The molecule has 2 rings (SSSR count). The highest BCUT2D eigenvalue weighted by Gasteiger charge is 2.15. The van der Waals surface area contributed by atoms with Gasteiger partial charge in [-0.1, -0.05) is 12.1 Å². The van der Waals surface area contributed by atoms with Crippen LogP contribution >= 0.6 is 0 Å². The molecule has 0 bridgehead atoms. The Labute approximate surface area is 108 Å². The number of carbonyl (C=O) groups is 1. The first kappa shape index (κ1) is 12.9. The maximum absolute atomic E-state index is 11.2. The van der Waals surface area contributed by atoms with Crippen LogP contribution in [0.2, 0.25) is 0 Å². The van der Waals surface area contributed by atoms with Gasteiger partial charge in [-0.05, 0) is 30.5 Å². The Morgan fingerprint density at radius 1 is 1.50 bits per heavy atom. The Bertz CT molecular complexity index is 432. The zero-order chi connectivity index (χ0) is 13.0. The normalized spacial score (nSPS) is 13.6. The number of hydrogen-bond donors (Lipinski definition) is 1. The molecule has 4 nitrogen and oxygen atoms in total. The summed E-state index contributed by atoms with van der Waals surface area (Å²) in [6.07, 6.45) is 1.11. The molecule has 4 heteroatoms. The summed E-state index contributed by atoms with van der Waals surface area (Å²) in [5.41, 5.74) is 3.94. The average molecular weight is 248 g/mol. The molecule has 0 radical (unpaired) electrons. The summed E-state index contributed by atoms with van der Waals surface area (Å²) in [5.74, 6) is -0.196. The first-order chi connectivity index (χ1) is 8.70. The van der Waals surface area contributed by atoms with Crippen molar-refractivity contribution in [2.75, 3.05) is 31.6 Å². The summed E-state index contributed by atoms with van der Waals surface area (Å²) >= 11 is 0. The van der Waals surface area contributed by atoms with Crippen LogP contribution in [-0.4, -0.2) is 32.7 Å². The molecular weight excluding hydrogens is 228 g/mol. The molecule has 0 aliphatic carbocycles. The van der Waals surface area contributed by atoms with Crippen LogP contribution in [0.5, 0.6) is 0 Å². The van der Waals surface area contributed by atoms with Gasteiger partial charge in [0.2, 0.25) is 0 Å². The number of ether oxygens (including phenoxy) is 1. The van der Waals surface area contributed by atoms with Gasteiger partial charge in [0.15, 0.2) is 0 Å². The van der Waals surface area contributed by atoms with E-state index in [2.05, 4.69) is 35.5 Å². The van der Waals surface area contributed by atoms with E-state index in [0.29, 0.717) is 13.2 Å². The van der Waals surface area contributed by atoms with E-state index in [-0.39, 0.29) is 12.5 Å². The zero-order valence-electron chi connectivity index (χ0n) is 11.0. The highest BCUT2D eigenvalue weighted by Crippen LogP contribution is 2.27. The standard InChI is InChI=1S/C14H20N2O2/c1-3-18-14(17)10-15-9-11-4-5-13-12(8-11)6-7-16(13)2/h4-5,8,15H,3,6-7,9-10H2,1-2H3. The highest BCUT2D eigenvalue weighted by molar-refractivity contribution is 5.71. The smallest absolute Gasteiger partial charge is 0.319 e. The third-order valence-corrected chi connectivity index (χ3v) is 3.18. The van der Waals surface area contributed by atoms with Gasteiger partial charge in [0.05, 0.1) is 13.2 Å². The number of esters is 1. The third kappa shape index (κ3) is 3.01. The minimum Gasteiger partial charge on any atom is -0.465 e. The number of benzene rings is 1. The number of hydrogen-bond acceptors (Lipinski definition) is 4. The second-order valence-corrected chi connectivity index (χ2v) is 4.54. The van der Waals surface area contributed by atoms with Crippen LogP contribution in [0.15, 0.2) is 18.2 Å². The SMILES string of the molecule is CCOC(=O)CNCc1ccc2c(c1)CCN2C. The fraction of sp³-hybridized carbons (Fsp3) is 0.500. The quantitative estimate of drug-likeness (QED) is 0.798. The van der Waals surface area contributed by atoms with Crippen LogP contribution in [0.25, 0.3) is 0 Å². The van der Waals surface area contributed by atoms with Crippen molar-refractivity contribution in [3.8, 4) is 0 Å². The molecule has 0 fully saturated rings. The minimum atomic E-state index is -0.196. The summed E-state index contributed by atoms with van der Waals surface area (Å²) in [6.45, 7) is 4.32. The van der Waals surface area contributed by atoms with Gasteiger partial charge in [-0.2, -0.15) is 0 Å². The van der Waals surface area contributed by atoms with Gasteiger partial charge in [0.25, 0.3) is 0 Å². The molecule has 0 atom stereocenters.